The molecule has 2 aromatic rings. The molecule has 0 bridgehead atoms. The number of rotatable bonds is 4. The van der Waals surface area contributed by atoms with Crippen LogP contribution in [0.5, 0.6) is 0 Å². The number of anilines is 1. The second-order valence-corrected chi connectivity index (χ2v) is 6.72. The van der Waals surface area contributed by atoms with Gasteiger partial charge in [0.2, 0.25) is 0 Å². The lowest BCUT2D eigenvalue weighted by atomic mass is 10.2. The first-order valence-electron chi connectivity index (χ1n) is 9.00. The maximum absolute atomic E-state index is 12.5. The van der Waals surface area contributed by atoms with Crippen molar-refractivity contribution in [2.45, 2.75) is 25.6 Å². The average molecular weight is 360 g/mol. The highest BCUT2D eigenvalue weighted by Gasteiger charge is 2.31. The number of hydrogen-bond donors (Lipinski definition) is 0. The maximum Gasteiger partial charge on any atom is 0.251 e. The van der Waals surface area contributed by atoms with Gasteiger partial charge in [-0.3, -0.25) is 9.48 Å². The van der Waals surface area contributed by atoms with Gasteiger partial charge < -0.3 is 19.3 Å². The first-order chi connectivity index (χ1) is 12.7. The van der Waals surface area contributed by atoms with Gasteiger partial charge in [-0.15, -0.1) is 0 Å². The number of aryl methyl sites for hydroxylation is 1. The van der Waals surface area contributed by atoms with Crippen LogP contribution in [0.25, 0.3) is 11.0 Å². The predicted octanol–water partition coefficient (Wildman–Crippen LogP) is 0.337. The molecule has 0 aliphatic carbocycles. The van der Waals surface area contributed by atoms with Gasteiger partial charge in [-0.1, -0.05) is 0 Å². The summed E-state index contributed by atoms with van der Waals surface area (Å²) in [6, 6.07) is 0. The third-order valence-electron chi connectivity index (χ3n) is 4.99. The van der Waals surface area contributed by atoms with E-state index in [1.165, 1.54) is 0 Å². The number of ether oxygens (including phenoxy) is 2. The number of carbonyl (C=O) groups is 1. The van der Waals surface area contributed by atoms with Crippen molar-refractivity contribution in [3.8, 4) is 0 Å². The van der Waals surface area contributed by atoms with Crippen LogP contribution in [0.1, 0.15) is 18.7 Å². The van der Waals surface area contributed by atoms with Gasteiger partial charge in [0.1, 0.15) is 18.5 Å². The molecule has 2 fully saturated rings. The van der Waals surface area contributed by atoms with E-state index in [0.717, 1.165) is 42.8 Å². The van der Waals surface area contributed by atoms with E-state index in [-0.39, 0.29) is 12.0 Å². The third kappa shape index (κ3) is 3.12. The third-order valence-corrected chi connectivity index (χ3v) is 4.99. The SMILES string of the molecule is COCc1nc(N2CCN(C(=O)[C@@H]3CCCO3)CC2)c2cnn(C)c2n1. The Balaban J connectivity index is 1.52. The summed E-state index contributed by atoms with van der Waals surface area (Å²) in [5, 5.41) is 5.24. The van der Waals surface area contributed by atoms with Crippen LogP contribution in [0.15, 0.2) is 6.20 Å². The molecule has 140 valence electrons. The predicted molar refractivity (Wildman–Crippen MR) is 94.8 cm³/mol. The lowest BCUT2D eigenvalue weighted by molar-refractivity contribution is -0.141. The number of carbonyl (C=O) groups excluding carboxylic acids is 1. The van der Waals surface area contributed by atoms with Crippen molar-refractivity contribution in [2.75, 3.05) is 44.8 Å². The fourth-order valence-electron chi connectivity index (χ4n) is 3.60. The van der Waals surface area contributed by atoms with Crippen molar-refractivity contribution in [3.05, 3.63) is 12.0 Å². The standard InChI is InChI=1S/C17H24N6O3/c1-21-15-12(10-18-21)16(20-14(19-15)11-25-2)22-5-7-23(8-6-22)17(24)13-4-3-9-26-13/h10,13H,3-9,11H2,1-2H3/t13-/m0/s1. The minimum Gasteiger partial charge on any atom is -0.377 e. The van der Waals surface area contributed by atoms with Crippen molar-refractivity contribution in [2.24, 2.45) is 7.05 Å². The summed E-state index contributed by atoms with van der Waals surface area (Å²) < 4.78 is 12.5. The van der Waals surface area contributed by atoms with Gasteiger partial charge in [0.15, 0.2) is 11.5 Å². The van der Waals surface area contributed by atoms with Crippen LogP contribution >= 0.6 is 0 Å². The Kier molecular flexibility index (Phi) is 4.73. The van der Waals surface area contributed by atoms with E-state index in [1.807, 2.05) is 11.9 Å². The molecule has 4 heterocycles. The molecule has 2 aliphatic heterocycles. The molecule has 2 saturated heterocycles. The van der Waals surface area contributed by atoms with Gasteiger partial charge in [0, 0.05) is 46.9 Å². The molecular formula is C17H24N6O3. The maximum atomic E-state index is 12.5. The van der Waals surface area contributed by atoms with E-state index in [1.54, 1.807) is 18.0 Å². The quantitative estimate of drug-likeness (QED) is 0.777. The number of piperazine rings is 1. The molecule has 0 unspecified atom stereocenters. The van der Waals surface area contributed by atoms with Crippen LogP contribution in [0.2, 0.25) is 0 Å². The first-order valence-corrected chi connectivity index (χ1v) is 9.00. The topological polar surface area (TPSA) is 85.6 Å². The van der Waals surface area contributed by atoms with Gasteiger partial charge >= 0.3 is 0 Å². The molecule has 0 spiro atoms. The van der Waals surface area contributed by atoms with Crippen LogP contribution < -0.4 is 4.90 Å². The summed E-state index contributed by atoms with van der Waals surface area (Å²) in [5.74, 6) is 1.62. The molecule has 1 atom stereocenters. The highest BCUT2D eigenvalue weighted by atomic mass is 16.5. The highest BCUT2D eigenvalue weighted by molar-refractivity contribution is 5.87. The van der Waals surface area contributed by atoms with Gasteiger partial charge in [0.05, 0.1) is 11.6 Å². The minimum absolute atomic E-state index is 0.122. The summed E-state index contributed by atoms with van der Waals surface area (Å²) >= 11 is 0. The Labute approximate surface area is 151 Å². The molecule has 0 aromatic carbocycles. The average Bonchev–Trinajstić information content (AvgIpc) is 3.32. The van der Waals surface area contributed by atoms with Crippen LogP contribution in [0.4, 0.5) is 5.82 Å². The molecule has 0 N–H and O–H groups in total. The van der Waals surface area contributed by atoms with E-state index < -0.39 is 0 Å². The van der Waals surface area contributed by atoms with Crippen LogP contribution in [-0.4, -0.2) is 76.6 Å². The van der Waals surface area contributed by atoms with E-state index in [0.29, 0.717) is 32.1 Å². The molecule has 2 aliphatic rings. The Hall–Kier alpha value is -2.26. The van der Waals surface area contributed by atoms with Crippen molar-refractivity contribution in [3.63, 3.8) is 0 Å². The fraction of sp³-hybridized carbons (Fsp3) is 0.647. The van der Waals surface area contributed by atoms with Crippen LogP contribution in [-0.2, 0) is 27.9 Å². The highest BCUT2D eigenvalue weighted by Crippen LogP contribution is 2.25. The number of aromatic nitrogens is 4. The summed E-state index contributed by atoms with van der Waals surface area (Å²) in [6.07, 6.45) is 3.35. The molecule has 0 saturated carbocycles. The minimum atomic E-state index is -0.251. The number of hydrogen-bond acceptors (Lipinski definition) is 7. The second-order valence-electron chi connectivity index (χ2n) is 6.72. The van der Waals surface area contributed by atoms with Crippen molar-refractivity contribution in [1.82, 2.24) is 24.6 Å². The Morgan fingerprint density at radius 3 is 2.81 bits per heavy atom. The summed E-state index contributed by atoms with van der Waals surface area (Å²) in [4.78, 5) is 25.8. The molecule has 2 aromatic heterocycles. The molecule has 4 rings (SSSR count). The van der Waals surface area contributed by atoms with Crippen molar-refractivity contribution in [1.29, 1.82) is 0 Å². The zero-order valence-electron chi connectivity index (χ0n) is 15.2. The smallest absolute Gasteiger partial charge is 0.251 e. The fourth-order valence-corrected chi connectivity index (χ4v) is 3.60. The zero-order valence-corrected chi connectivity index (χ0v) is 15.2. The van der Waals surface area contributed by atoms with E-state index in [2.05, 4.69) is 20.0 Å². The number of methoxy groups -OCH3 is 1. The lowest BCUT2D eigenvalue weighted by Gasteiger charge is -2.36. The molecule has 9 heteroatoms. The number of fused-ring (bicyclic) bond motifs is 1. The second kappa shape index (κ2) is 7.16. The molecule has 0 radical (unpaired) electrons. The molecular weight excluding hydrogens is 336 g/mol. The summed E-state index contributed by atoms with van der Waals surface area (Å²) in [6.45, 7) is 3.84. The van der Waals surface area contributed by atoms with Crippen molar-refractivity contribution >= 4 is 22.8 Å². The van der Waals surface area contributed by atoms with Gasteiger partial charge in [-0.25, -0.2) is 9.97 Å². The van der Waals surface area contributed by atoms with Gasteiger partial charge in [0.25, 0.3) is 5.91 Å². The molecule has 26 heavy (non-hydrogen) atoms. The van der Waals surface area contributed by atoms with Gasteiger partial charge in [-0.05, 0) is 12.8 Å². The van der Waals surface area contributed by atoms with Gasteiger partial charge in [-0.2, -0.15) is 5.10 Å². The lowest BCUT2D eigenvalue weighted by Crippen LogP contribution is -2.51. The molecule has 9 nitrogen and oxygen atoms in total. The Morgan fingerprint density at radius 1 is 1.31 bits per heavy atom. The Morgan fingerprint density at radius 2 is 2.12 bits per heavy atom. The summed E-state index contributed by atoms with van der Waals surface area (Å²) in [5.41, 5.74) is 0.792. The van der Waals surface area contributed by atoms with Crippen LogP contribution in [0, 0.1) is 0 Å². The zero-order chi connectivity index (χ0) is 18.1. The van der Waals surface area contributed by atoms with Crippen molar-refractivity contribution < 1.29 is 14.3 Å². The van der Waals surface area contributed by atoms with E-state index in [4.69, 9.17) is 9.47 Å². The Bertz CT molecular complexity index is 793. The van der Waals surface area contributed by atoms with E-state index in [9.17, 15) is 4.79 Å². The van der Waals surface area contributed by atoms with Crippen LogP contribution in [0.3, 0.4) is 0 Å². The number of nitrogens with zero attached hydrogens (tertiary/aromatic N) is 6. The summed E-state index contributed by atoms with van der Waals surface area (Å²) in [7, 11) is 3.50. The largest absolute Gasteiger partial charge is 0.377 e. The monoisotopic (exact) mass is 360 g/mol. The number of amides is 1. The van der Waals surface area contributed by atoms with E-state index >= 15 is 0 Å². The normalized spacial score (nSPS) is 20.9. The first kappa shape index (κ1) is 17.2. The molecule has 1 amide bonds.